The van der Waals surface area contributed by atoms with Gasteiger partial charge in [0, 0.05) is 11.8 Å². The number of hydrogen-bond acceptors (Lipinski definition) is 6. The second-order valence-corrected chi connectivity index (χ2v) is 6.34. The van der Waals surface area contributed by atoms with Crippen LogP contribution in [0.5, 0.6) is 0 Å². The van der Waals surface area contributed by atoms with Crippen LogP contribution in [0.1, 0.15) is 40.5 Å². The van der Waals surface area contributed by atoms with E-state index in [1.54, 1.807) is 13.8 Å². The van der Waals surface area contributed by atoms with Gasteiger partial charge in [0.2, 0.25) is 0 Å². The summed E-state index contributed by atoms with van der Waals surface area (Å²) in [6.07, 6.45) is 8.58. The van der Waals surface area contributed by atoms with Gasteiger partial charge in [-0.1, -0.05) is 38.2 Å². The lowest BCUT2D eigenvalue weighted by Gasteiger charge is -2.14. The monoisotopic (exact) mass is 398 g/mol. The van der Waals surface area contributed by atoms with E-state index in [0.717, 1.165) is 0 Å². The molecule has 0 saturated carbocycles. The molecule has 8 nitrogen and oxygen atoms in total. The SMILES string of the molecule is C/C=C/C[C@@H](C)C(=O)[C@H](NC)C(=O)O.C/C=C/C[C@@H](C)C(=O)[C@H](NC)C(=O)O. The molecule has 160 valence electrons. The van der Waals surface area contributed by atoms with Gasteiger partial charge in [-0.2, -0.15) is 0 Å². The molecular formula is C20H34N2O6. The van der Waals surface area contributed by atoms with E-state index >= 15 is 0 Å². The van der Waals surface area contributed by atoms with Crippen LogP contribution in [-0.2, 0) is 19.2 Å². The molecule has 0 rings (SSSR count). The molecule has 0 unspecified atom stereocenters. The summed E-state index contributed by atoms with van der Waals surface area (Å²) in [5.41, 5.74) is 0. The Kier molecular flexibility index (Phi) is 15.7. The number of carboxylic acid groups (broad SMARTS) is 2. The van der Waals surface area contributed by atoms with E-state index < -0.39 is 24.0 Å². The van der Waals surface area contributed by atoms with Gasteiger partial charge in [-0.15, -0.1) is 0 Å². The number of hydrogen-bond donors (Lipinski definition) is 4. The Morgan fingerprint density at radius 2 is 1.04 bits per heavy atom. The molecular weight excluding hydrogens is 364 g/mol. The maximum absolute atomic E-state index is 11.5. The fourth-order valence-corrected chi connectivity index (χ4v) is 2.26. The number of aliphatic carboxylic acids is 2. The molecule has 0 amide bonds. The van der Waals surface area contributed by atoms with Gasteiger partial charge in [0.05, 0.1) is 0 Å². The molecule has 0 aliphatic rings. The molecule has 0 heterocycles. The average molecular weight is 399 g/mol. The van der Waals surface area contributed by atoms with Gasteiger partial charge < -0.3 is 20.8 Å². The van der Waals surface area contributed by atoms with E-state index in [2.05, 4.69) is 10.6 Å². The van der Waals surface area contributed by atoms with Gasteiger partial charge in [-0.25, -0.2) is 0 Å². The third-order valence-corrected chi connectivity index (χ3v) is 4.06. The van der Waals surface area contributed by atoms with Gasteiger partial charge in [-0.3, -0.25) is 19.2 Å². The first kappa shape index (κ1) is 27.9. The maximum atomic E-state index is 11.5. The normalized spacial score (nSPS) is 15.4. The molecule has 0 aliphatic carbocycles. The lowest BCUT2D eigenvalue weighted by atomic mass is 9.96. The number of carboxylic acids is 2. The number of ketones is 2. The Morgan fingerprint density at radius 3 is 1.21 bits per heavy atom. The first-order valence-electron chi connectivity index (χ1n) is 9.18. The first-order chi connectivity index (χ1) is 13.1. The van der Waals surface area contributed by atoms with Crippen LogP contribution in [0.4, 0.5) is 0 Å². The van der Waals surface area contributed by atoms with E-state index in [1.165, 1.54) is 14.1 Å². The molecule has 0 fully saturated rings. The van der Waals surface area contributed by atoms with Crippen LogP contribution in [0, 0.1) is 11.8 Å². The van der Waals surface area contributed by atoms with Crippen molar-refractivity contribution in [2.24, 2.45) is 11.8 Å². The summed E-state index contributed by atoms with van der Waals surface area (Å²) in [7, 11) is 2.94. The molecule has 0 aromatic carbocycles. The minimum Gasteiger partial charge on any atom is -0.480 e. The van der Waals surface area contributed by atoms with E-state index in [9.17, 15) is 19.2 Å². The van der Waals surface area contributed by atoms with Crippen molar-refractivity contribution in [2.45, 2.75) is 52.6 Å². The van der Waals surface area contributed by atoms with Crippen LogP contribution in [0.3, 0.4) is 0 Å². The van der Waals surface area contributed by atoms with Crippen molar-refractivity contribution in [3.63, 3.8) is 0 Å². The van der Waals surface area contributed by atoms with E-state index in [-0.39, 0.29) is 23.4 Å². The van der Waals surface area contributed by atoms with Gasteiger partial charge in [0.1, 0.15) is 0 Å². The minimum absolute atomic E-state index is 0.264. The second kappa shape index (κ2) is 15.7. The number of rotatable bonds is 12. The Balaban J connectivity index is 0. The summed E-state index contributed by atoms with van der Waals surface area (Å²) in [4.78, 5) is 44.4. The smallest absolute Gasteiger partial charge is 0.328 e. The quantitative estimate of drug-likeness (QED) is 0.288. The third-order valence-electron chi connectivity index (χ3n) is 4.06. The van der Waals surface area contributed by atoms with Crippen LogP contribution >= 0.6 is 0 Å². The highest BCUT2D eigenvalue weighted by Crippen LogP contribution is 2.08. The second-order valence-electron chi connectivity index (χ2n) is 6.34. The van der Waals surface area contributed by atoms with Crippen LogP contribution < -0.4 is 10.6 Å². The average Bonchev–Trinajstić information content (AvgIpc) is 2.64. The first-order valence-corrected chi connectivity index (χ1v) is 9.18. The van der Waals surface area contributed by atoms with E-state index in [0.29, 0.717) is 12.8 Å². The molecule has 0 bridgehead atoms. The standard InChI is InChI=1S/2C10H17NO3/c2*1-4-5-6-7(2)9(12)8(11-3)10(13)14/h2*4-5,7-8,11H,6H2,1-3H3,(H,13,14)/b2*5-4+/t2*7-,8+/m11/s1. The topological polar surface area (TPSA) is 133 Å². The molecule has 28 heavy (non-hydrogen) atoms. The molecule has 4 N–H and O–H groups in total. The molecule has 0 aromatic rings. The van der Waals surface area contributed by atoms with Crippen molar-refractivity contribution >= 4 is 23.5 Å². The van der Waals surface area contributed by atoms with Crippen LogP contribution in [0.2, 0.25) is 0 Å². The van der Waals surface area contributed by atoms with Gasteiger partial charge in [0.25, 0.3) is 0 Å². The third kappa shape index (κ3) is 10.7. The molecule has 0 radical (unpaired) electrons. The highest BCUT2D eigenvalue weighted by Gasteiger charge is 2.28. The van der Waals surface area contributed by atoms with Crippen molar-refractivity contribution in [1.29, 1.82) is 0 Å². The van der Waals surface area contributed by atoms with Crippen molar-refractivity contribution < 1.29 is 29.4 Å². The number of nitrogens with one attached hydrogen (secondary N) is 2. The van der Waals surface area contributed by atoms with E-state index in [4.69, 9.17) is 10.2 Å². The summed E-state index contributed by atoms with van der Waals surface area (Å²) in [5, 5.41) is 22.4. The van der Waals surface area contributed by atoms with Gasteiger partial charge in [0.15, 0.2) is 23.7 Å². The zero-order valence-electron chi connectivity index (χ0n) is 17.6. The van der Waals surface area contributed by atoms with Gasteiger partial charge in [-0.05, 0) is 40.8 Å². The number of allylic oxidation sites excluding steroid dienone is 4. The number of likely N-dealkylation sites (N-methyl/N-ethyl adjacent to an activating group) is 2. The van der Waals surface area contributed by atoms with Crippen molar-refractivity contribution in [3.05, 3.63) is 24.3 Å². The molecule has 8 heteroatoms. The zero-order valence-corrected chi connectivity index (χ0v) is 17.6. The van der Waals surface area contributed by atoms with E-state index in [1.807, 2.05) is 38.2 Å². The molecule has 4 atom stereocenters. The fourth-order valence-electron chi connectivity index (χ4n) is 2.26. The Morgan fingerprint density at radius 1 is 0.750 bits per heavy atom. The van der Waals surface area contributed by atoms with Crippen molar-refractivity contribution in [2.75, 3.05) is 14.1 Å². The molecule has 0 aromatic heterocycles. The lowest BCUT2D eigenvalue weighted by Crippen LogP contribution is -2.43. The fraction of sp³-hybridized carbons (Fsp3) is 0.600. The number of Topliss-reactive ketones (excluding diaryl/α,β-unsaturated/α-hetero) is 2. The summed E-state index contributed by atoms with van der Waals surface area (Å²) in [6, 6.07) is -2.18. The molecule has 0 saturated heterocycles. The van der Waals surface area contributed by atoms with Crippen LogP contribution in [0.25, 0.3) is 0 Å². The predicted octanol–water partition coefficient (Wildman–Crippen LogP) is 1.66. The summed E-state index contributed by atoms with van der Waals surface area (Å²) in [6.45, 7) is 7.19. The highest BCUT2D eigenvalue weighted by atomic mass is 16.4. The van der Waals surface area contributed by atoms with Crippen molar-refractivity contribution in [3.8, 4) is 0 Å². The summed E-state index contributed by atoms with van der Waals surface area (Å²) in [5.74, 6) is -3.33. The van der Waals surface area contributed by atoms with Crippen LogP contribution in [-0.4, -0.2) is 59.9 Å². The Labute approximate surface area is 167 Å². The van der Waals surface area contributed by atoms with Crippen molar-refractivity contribution in [1.82, 2.24) is 10.6 Å². The molecule has 0 aliphatic heterocycles. The van der Waals surface area contributed by atoms with Gasteiger partial charge >= 0.3 is 11.9 Å². The predicted molar refractivity (Wildman–Crippen MR) is 108 cm³/mol. The lowest BCUT2D eigenvalue weighted by molar-refractivity contribution is -0.145. The summed E-state index contributed by atoms with van der Waals surface area (Å²) >= 11 is 0. The number of carbonyl (C=O) groups excluding carboxylic acids is 2. The summed E-state index contributed by atoms with van der Waals surface area (Å²) < 4.78 is 0. The molecule has 0 spiro atoms. The van der Waals surface area contributed by atoms with Crippen LogP contribution in [0.15, 0.2) is 24.3 Å². The Bertz CT molecular complexity index is 521. The highest BCUT2D eigenvalue weighted by molar-refractivity contribution is 6.03. The maximum Gasteiger partial charge on any atom is 0.328 e. The largest absolute Gasteiger partial charge is 0.480 e. The minimum atomic E-state index is -1.12. The zero-order chi connectivity index (χ0) is 22.3. The Hall–Kier alpha value is -2.32. The number of carbonyl (C=O) groups is 4.